The van der Waals surface area contributed by atoms with E-state index in [0.717, 1.165) is 35.0 Å². The van der Waals surface area contributed by atoms with Crippen LogP contribution in [0.1, 0.15) is 51.6 Å². The fraction of sp³-hybridized carbons (Fsp3) is 0.406. The number of imidazole rings is 1. The predicted octanol–water partition coefficient (Wildman–Crippen LogP) is 6.53. The van der Waals surface area contributed by atoms with Crippen LogP contribution < -0.4 is 10.7 Å². The molecule has 224 valence electrons. The third-order valence-electron chi connectivity index (χ3n) is 8.51. The van der Waals surface area contributed by atoms with Crippen molar-refractivity contribution in [1.82, 2.24) is 29.7 Å². The Morgan fingerprint density at radius 2 is 1.88 bits per heavy atom. The molecule has 1 N–H and O–H groups in total. The zero-order chi connectivity index (χ0) is 28.6. The first-order chi connectivity index (χ1) is 20.5. The minimum atomic E-state index is -0.644. The molecular formula is C32H36ClN7O3. The molecule has 7 rings (SSSR count). The molecule has 0 bridgehead atoms. The van der Waals surface area contributed by atoms with Gasteiger partial charge in [-0.05, 0) is 42.4 Å². The number of morpholine rings is 1. The molecule has 0 spiro atoms. The number of aromatic nitrogens is 6. The molecule has 0 amide bonds. The molecule has 1 atom stereocenters. The van der Waals surface area contributed by atoms with Gasteiger partial charge in [0.15, 0.2) is 0 Å². The van der Waals surface area contributed by atoms with E-state index >= 15 is 0 Å². The zero-order valence-corrected chi connectivity index (χ0v) is 24.1. The van der Waals surface area contributed by atoms with Gasteiger partial charge in [-0.3, -0.25) is 14.5 Å². The number of hydrogen-bond acceptors (Lipinski definition) is 8. The lowest BCUT2D eigenvalue weighted by atomic mass is 9.83. The molecule has 2 aliphatic rings. The lowest BCUT2D eigenvalue weighted by Gasteiger charge is -2.37. The Labute approximate surface area is 255 Å². The van der Waals surface area contributed by atoms with Gasteiger partial charge in [0.05, 0.1) is 41.0 Å². The lowest BCUT2D eigenvalue weighted by molar-refractivity contribution is 0.0927. The van der Waals surface area contributed by atoms with Crippen molar-refractivity contribution in [2.45, 2.75) is 52.6 Å². The first-order valence-electron chi connectivity index (χ1n) is 14.5. The first kappa shape index (κ1) is 29.1. The minimum absolute atomic E-state index is 0. The van der Waals surface area contributed by atoms with Gasteiger partial charge >= 0.3 is 5.76 Å². The summed E-state index contributed by atoms with van der Waals surface area (Å²) in [6, 6.07) is 14.2. The fourth-order valence-corrected chi connectivity index (χ4v) is 6.48. The van der Waals surface area contributed by atoms with Crippen LogP contribution in [0.25, 0.3) is 33.8 Å². The highest BCUT2D eigenvalue weighted by Crippen LogP contribution is 2.39. The van der Waals surface area contributed by atoms with E-state index in [1.807, 2.05) is 18.2 Å². The van der Waals surface area contributed by atoms with Gasteiger partial charge in [-0.25, -0.2) is 14.8 Å². The number of nitrogens with one attached hydrogen (secondary N) is 1. The average molecular weight is 602 g/mol. The molecule has 0 radical (unpaired) electrons. The number of anilines is 1. The van der Waals surface area contributed by atoms with Crippen molar-refractivity contribution in [3.05, 3.63) is 76.0 Å². The Bertz CT molecular complexity index is 1760. The normalized spacial score (nSPS) is 20.7. The maximum Gasteiger partial charge on any atom is 0.439 e. The van der Waals surface area contributed by atoms with Crippen molar-refractivity contribution < 1.29 is 9.26 Å². The number of benzene rings is 1. The van der Waals surface area contributed by atoms with Crippen LogP contribution in [-0.4, -0.2) is 49.4 Å². The van der Waals surface area contributed by atoms with Gasteiger partial charge in [-0.2, -0.15) is 0 Å². The smallest absolute Gasteiger partial charge is 0.377 e. The Morgan fingerprint density at radius 1 is 1.07 bits per heavy atom. The minimum Gasteiger partial charge on any atom is -0.377 e. The SMILES string of the molecule is C.CC1CCC(Cn2c(N3CCOC[C@H]3c3ccccc3)nc3cc(-c4noc(=O)[nH]4)nc(-c4cncc(Cl)c4)c32)CC1. The van der Waals surface area contributed by atoms with E-state index in [0.29, 0.717) is 42.1 Å². The highest BCUT2D eigenvalue weighted by atomic mass is 35.5. The van der Waals surface area contributed by atoms with Gasteiger partial charge in [0.1, 0.15) is 5.69 Å². The third kappa shape index (κ3) is 5.81. The van der Waals surface area contributed by atoms with E-state index in [1.165, 1.54) is 31.2 Å². The summed E-state index contributed by atoms with van der Waals surface area (Å²) in [5, 5.41) is 4.41. The lowest BCUT2D eigenvalue weighted by Crippen LogP contribution is -2.41. The number of ether oxygens (including phenoxy) is 1. The van der Waals surface area contributed by atoms with Gasteiger partial charge in [0, 0.05) is 31.0 Å². The van der Waals surface area contributed by atoms with Crippen molar-refractivity contribution in [2.24, 2.45) is 11.8 Å². The summed E-state index contributed by atoms with van der Waals surface area (Å²) in [5.74, 6) is 1.75. The van der Waals surface area contributed by atoms with Crippen LogP contribution in [0.2, 0.25) is 5.02 Å². The van der Waals surface area contributed by atoms with Crippen LogP contribution in [0.3, 0.4) is 0 Å². The van der Waals surface area contributed by atoms with E-state index in [9.17, 15) is 4.79 Å². The molecule has 2 fully saturated rings. The number of pyridine rings is 2. The number of nitrogens with zero attached hydrogens (tertiary/aromatic N) is 6. The van der Waals surface area contributed by atoms with E-state index < -0.39 is 5.76 Å². The number of halogens is 1. The summed E-state index contributed by atoms with van der Waals surface area (Å²) in [4.78, 5) is 31.5. The van der Waals surface area contributed by atoms with Crippen molar-refractivity contribution in [3.63, 3.8) is 0 Å². The number of rotatable bonds is 6. The van der Waals surface area contributed by atoms with E-state index in [1.54, 1.807) is 12.4 Å². The molecule has 43 heavy (non-hydrogen) atoms. The molecule has 1 aromatic carbocycles. The summed E-state index contributed by atoms with van der Waals surface area (Å²) in [5.41, 5.74) is 4.71. The van der Waals surface area contributed by atoms with Crippen molar-refractivity contribution >= 4 is 28.6 Å². The van der Waals surface area contributed by atoms with Gasteiger partial charge in [-0.15, -0.1) is 0 Å². The van der Waals surface area contributed by atoms with Crippen LogP contribution >= 0.6 is 11.6 Å². The zero-order valence-electron chi connectivity index (χ0n) is 23.4. The molecule has 4 aromatic heterocycles. The molecule has 5 heterocycles. The molecule has 1 saturated heterocycles. The molecule has 1 aliphatic carbocycles. The van der Waals surface area contributed by atoms with Crippen LogP contribution in [0.15, 0.2) is 64.2 Å². The van der Waals surface area contributed by atoms with Gasteiger partial charge in [0.2, 0.25) is 11.8 Å². The molecular weight excluding hydrogens is 566 g/mol. The van der Waals surface area contributed by atoms with Crippen molar-refractivity contribution in [2.75, 3.05) is 24.7 Å². The summed E-state index contributed by atoms with van der Waals surface area (Å²) in [6.07, 6.45) is 8.15. The second kappa shape index (κ2) is 12.3. The predicted molar refractivity (Wildman–Crippen MR) is 167 cm³/mol. The van der Waals surface area contributed by atoms with Gasteiger partial charge in [-0.1, -0.05) is 74.3 Å². The Morgan fingerprint density at radius 3 is 2.63 bits per heavy atom. The quantitative estimate of drug-likeness (QED) is 0.234. The molecule has 0 unspecified atom stereocenters. The number of aromatic amines is 1. The average Bonchev–Trinajstić information content (AvgIpc) is 3.62. The number of fused-ring (bicyclic) bond motifs is 1. The van der Waals surface area contributed by atoms with Gasteiger partial charge in [0.25, 0.3) is 0 Å². The van der Waals surface area contributed by atoms with E-state index in [4.69, 9.17) is 30.8 Å². The fourth-order valence-electron chi connectivity index (χ4n) is 6.30. The van der Waals surface area contributed by atoms with Crippen LogP contribution in [0, 0.1) is 11.8 Å². The molecule has 10 nitrogen and oxygen atoms in total. The van der Waals surface area contributed by atoms with E-state index in [2.05, 4.69) is 55.8 Å². The number of hydrogen-bond donors (Lipinski definition) is 1. The largest absolute Gasteiger partial charge is 0.439 e. The summed E-state index contributed by atoms with van der Waals surface area (Å²) < 4.78 is 13.1. The third-order valence-corrected chi connectivity index (χ3v) is 8.72. The Hall–Kier alpha value is -4.02. The van der Waals surface area contributed by atoms with Crippen LogP contribution in [-0.2, 0) is 11.3 Å². The Balaban J connectivity index is 0.00000329. The maximum atomic E-state index is 11.8. The second-order valence-electron chi connectivity index (χ2n) is 11.4. The second-order valence-corrected chi connectivity index (χ2v) is 11.8. The monoisotopic (exact) mass is 601 g/mol. The van der Waals surface area contributed by atoms with Crippen molar-refractivity contribution in [3.8, 4) is 22.8 Å². The maximum absolute atomic E-state index is 11.8. The van der Waals surface area contributed by atoms with Crippen LogP contribution in [0.5, 0.6) is 0 Å². The standard InChI is InChI=1S/C31H32ClN7O3.CH4/c1-19-7-9-20(10-8-19)17-39-28-24(35-30(39)38-11-12-41-18-26(38)21-5-3-2-4-6-21)14-25(29-36-31(40)42-37-29)34-27(28)22-13-23(32)16-33-15-22;/h2-6,13-16,19-20,26H,7-12,17-18H2,1H3,(H,36,37,40);1H4/t19?,20?,26-;/m0./s1. The molecule has 11 heteroatoms. The number of H-pyrrole nitrogens is 1. The highest BCUT2D eigenvalue weighted by molar-refractivity contribution is 6.30. The molecule has 1 aliphatic heterocycles. The first-order valence-corrected chi connectivity index (χ1v) is 14.9. The summed E-state index contributed by atoms with van der Waals surface area (Å²) >= 11 is 6.42. The summed E-state index contributed by atoms with van der Waals surface area (Å²) in [7, 11) is 0. The van der Waals surface area contributed by atoms with Gasteiger partial charge < -0.3 is 14.2 Å². The summed E-state index contributed by atoms with van der Waals surface area (Å²) in [6.45, 7) is 5.05. The van der Waals surface area contributed by atoms with E-state index in [-0.39, 0.29) is 19.3 Å². The molecule has 5 aromatic rings. The highest BCUT2D eigenvalue weighted by Gasteiger charge is 2.32. The topological polar surface area (TPSA) is 115 Å². The van der Waals surface area contributed by atoms with Crippen LogP contribution in [0.4, 0.5) is 5.95 Å². The van der Waals surface area contributed by atoms with Crippen molar-refractivity contribution in [1.29, 1.82) is 0 Å². The molecule has 1 saturated carbocycles. The Kier molecular flexibility index (Phi) is 8.32.